The minimum absolute atomic E-state index is 0.0740. The largest absolute Gasteiger partial charge is 0.478 e. The molecule has 1 saturated heterocycles. The fourth-order valence-corrected chi connectivity index (χ4v) is 6.34. The first-order chi connectivity index (χ1) is 17.1. The maximum absolute atomic E-state index is 13.5. The van der Waals surface area contributed by atoms with Gasteiger partial charge in [-0.05, 0) is 53.6 Å². The fraction of sp³-hybridized carbons (Fsp3) is 0.240. The Bertz CT molecular complexity index is 1430. The predicted octanol–water partition coefficient (Wildman–Crippen LogP) is 2.70. The summed E-state index contributed by atoms with van der Waals surface area (Å²) in [6.45, 7) is -0.234. The average Bonchev–Trinajstić information content (AvgIpc) is 3.25. The van der Waals surface area contributed by atoms with Gasteiger partial charge in [-0.1, -0.05) is 30.3 Å². The van der Waals surface area contributed by atoms with Gasteiger partial charge in [0.1, 0.15) is 6.04 Å². The van der Waals surface area contributed by atoms with Crippen LogP contribution in [0.25, 0.3) is 10.8 Å². The van der Waals surface area contributed by atoms with Gasteiger partial charge in [0, 0.05) is 24.5 Å². The zero-order valence-electron chi connectivity index (χ0n) is 19.4. The van der Waals surface area contributed by atoms with Crippen LogP contribution in [0.2, 0.25) is 0 Å². The van der Waals surface area contributed by atoms with E-state index in [-0.39, 0.29) is 35.2 Å². The molecule has 0 radical (unpaired) electrons. The SMILES string of the molecule is CN(CC(=O)Nc1ccc(C(=O)O)cc1)C(=O)C1CC(S)CN1S(=O)(=O)c1ccc2ccccc2c1. The van der Waals surface area contributed by atoms with E-state index in [0.717, 1.165) is 15.1 Å². The van der Waals surface area contributed by atoms with E-state index >= 15 is 0 Å². The Labute approximate surface area is 214 Å². The van der Waals surface area contributed by atoms with Crippen LogP contribution in [0.5, 0.6) is 0 Å². The first-order valence-electron chi connectivity index (χ1n) is 11.1. The van der Waals surface area contributed by atoms with Crippen molar-refractivity contribution in [2.24, 2.45) is 0 Å². The van der Waals surface area contributed by atoms with Crippen molar-refractivity contribution in [1.29, 1.82) is 0 Å². The molecule has 2 unspecified atom stereocenters. The summed E-state index contributed by atoms with van der Waals surface area (Å²) in [5, 5.41) is 12.9. The Morgan fingerprint density at radius 2 is 1.72 bits per heavy atom. The number of carbonyl (C=O) groups excluding carboxylic acids is 2. The number of carboxylic acid groups (broad SMARTS) is 1. The van der Waals surface area contributed by atoms with Gasteiger partial charge in [-0.25, -0.2) is 13.2 Å². The molecule has 0 bridgehead atoms. The van der Waals surface area contributed by atoms with Crippen LogP contribution in [0.15, 0.2) is 71.6 Å². The number of nitrogens with zero attached hydrogens (tertiary/aromatic N) is 2. The summed E-state index contributed by atoms with van der Waals surface area (Å²) < 4.78 is 28.2. The third kappa shape index (κ3) is 5.38. The molecule has 0 aromatic heterocycles. The molecule has 0 aliphatic carbocycles. The third-order valence-corrected chi connectivity index (χ3v) is 8.26. The number of carbonyl (C=O) groups is 3. The summed E-state index contributed by atoms with van der Waals surface area (Å²) in [5.41, 5.74) is 0.457. The van der Waals surface area contributed by atoms with Crippen molar-refractivity contribution in [3.8, 4) is 0 Å². The van der Waals surface area contributed by atoms with Gasteiger partial charge in [-0.15, -0.1) is 0 Å². The quantitative estimate of drug-likeness (QED) is 0.406. The van der Waals surface area contributed by atoms with E-state index in [2.05, 4.69) is 17.9 Å². The van der Waals surface area contributed by atoms with Crippen LogP contribution in [0.4, 0.5) is 5.69 Å². The number of amides is 2. The van der Waals surface area contributed by atoms with Crippen LogP contribution in [0.1, 0.15) is 16.8 Å². The van der Waals surface area contributed by atoms with Gasteiger partial charge in [0.2, 0.25) is 21.8 Å². The minimum Gasteiger partial charge on any atom is -0.478 e. The molecule has 3 aromatic carbocycles. The van der Waals surface area contributed by atoms with Crippen LogP contribution >= 0.6 is 12.6 Å². The van der Waals surface area contributed by atoms with Crippen LogP contribution < -0.4 is 5.32 Å². The van der Waals surface area contributed by atoms with Gasteiger partial charge in [-0.3, -0.25) is 9.59 Å². The van der Waals surface area contributed by atoms with Crippen molar-refractivity contribution in [3.63, 3.8) is 0 Å². The summed E-state index contributed by atoms with van der Waals surface area (Å²) in [5.74, 6) is -2.09. The van der Waals surface area contributed by atoms with Crippen molar-refractivity contribution in [1.82, 2.24) is 9.21 Å². The smallest absolute Gasteiger partial charge is 0.335 e. The number of benzene rings is 3. The van der Waals surface area contributed by atoms with E-state index in [1.54, 1.807) is 12.1 Å². The highest BCUT2D eigenvalue weighted by atomic mass is 32.2. The molecule has 1 aliphatic rings. The highest BCUT2D eigenvalue weighted by Gasteiger charge is 2.44. The lowest BCUT2D eigenvalue weighted by atomic mass is 10.1. The number of anilines is 1. The molecule has 36 heavy (non-hydrogen) atoms. The molecule has 1 aliphatic heterocycles. The second-order valence-electron chi connectivity index (χ2n) is 8.61. The number of sulfonamides is 1. The van der Waals surface area contributed by atoms with E-state index in [1.807, 2.05) is 24.3 Å². The van der Waals surface area contributed by atoms with Crippen molar-refractivity contribution in [2.75, 3.05) is 25.5 Å². The van der Waals surface area contributed by atoms with Gasteiger partial charge >= 0.3 is 5.97 Å². The summed E-state index contributed by atoms with van der Waals surface area (Å²) in [7, 11) is -2.56. The molecule has 1 fully saturated rings. The molecule has 1 heterocycles. The van der Waals surface area contributed by atoms with E-state index in [1.165, 1.54) is 42.3 Å². The molecule has 188 valence electrons. The second-order valence-corrected chi connectivity index (χ2v) is 11.2. The summed E-state index contributed by atoms with van der Waals surface area (Å²) >= 11 is 4.44. The Morgan fingerprint density at radius 1 is 1.06 bits per heavy atom. The molecule has 2 amide bonds. The lowest BCUT2D eigenvalue weighted by Gasteiger charge is -2.27. The molecule has 2 atom stereocenters. The number of fused-ring (bicyclic) bond motifs is 1. The molecular formula is C25H25N3O6S2. The van der Waals surface area contributed by atoms with Crippen molar-refractivity contribution in [3.05, 3.63) is 72.3 Å². The van der Waals surface area contributed by atoms with Crippen LogP contribution in [-0.2, 0) is 19.6 Å². The number of nitrogens with one attached hydrogen (secondary N) is 1. The van der Waals surface area contributed by atoms with Gasteiger partial charge in [0.25, 0.3) is 0 Å². The van der Waals surface area contributed by atoms with Crippen molar-refractivity contribution in [2.45, 2.75) is 22.6 Å². The Kier molecular flexibility index (Phi) is 7.34. The number of carboxylic acids is 1. The predicted molar refractivity (Wildman–Crippen MR) is 139 cm³/mol. The van der Waals surface area contributed by atoms with Gasteiger partial charge in [0.15, 0.2) is 0 Å². The van der Waals surface area contributed by atoms with E-state index in [4.69, 9.17) is 5.11 Å². The van der Waals surface area contributed by atoms with Crippen molar-refractivity contribution < 1.29 is 27.9 Å². The van der Waals surface area contributed by atoms with Gasteiger partial charge in [0.05, 0.1) is 17.0 Å². The lowest BCUT2D eigenvalue weighted by molar-refractivity contribution is -0.136. The highest BCUT2D eigenvalue weighted by Crippen LogP contribution is 2.31. The standard InChI is InChI=1S/C25H25N3O6S2/c1-27(15-23(29)26-19-9-6-17(7-10-19)25(31)32)24(30)22-13-20(35)14-28(22)36(33,34)21-11-8-16-4-2-3-5-18(16)12-21/h2-12,20,22,35H,13-15H2,1H3,(H,26,29)(H,31,32). The van der Waals surface area contributed by atoms with E-state index in [0.29, 0.717) is 5.69 Å². The fourth-order valence-electron chi connectivity index (χ4n) is 4.18. The molecule has 4 rings (SSSR count). The number of thiol groups is 1. The number of rotatable bonds is 7. The van der Waals surface area contributed by atoms with E-state index < -0.39 is 33.8 Å². The number of hydrogen-bond donors (Lipinski definition) is 3. The van der Waals surface area contributed by atoms with Gasteiger partial charge < -0.3 is 15.3 Å². The third-order valence-electron chi connectivity index (χ3n) is 6.02. The lowest BCUT2D eigenvalue weighted by Crippen LogP contribution is -2.48. The second kappa shape index (κ2) is 10.3. The molecular weight excluding hydrogens is 502 g/mol. The molecule has 0 spiro atoms. The average molecular weight is 528 g/mol. The molecule has 0 saturated carbocycles. The highest BCUT2D eigenvalue weighted by molar-refractivity contribution is 7.89. The zero-order valence-corrected chi connectivity index (χ0v) is 21.1. The Balaban J connectivity index is 1.47. The van der Waals surface area contributed by atoms with E-state index in [9.17, 15) is 22.8 Å². The summed E-state index contributed by atoms with van der Waals surface area (Å²) in [4.78, 5) is 38.0. The monoisotopic (exact) mass is 527 g/mol. The Hall–Kier alpha value is -3.41. The van der Waals surface area contributed by atoms with Crippen molar-refractivity contribution >= 4 is 56.9 Å². The molecule has 11 heteroatoms. The van der Waals surface area contributed by atoms with Crippen LogP contribution in [-0.4, -0.2) is 71.9 Å². The first kappa shape index (κ1) is 25.7. The Morgan fingerprint density at radius 3 is 2.39 bits per heavy atom. The van der Waals surface area contributed by atoms with Crippen LogP contribution in [0, 0.1) is 0 Å². The minimum atomic E-state index is -3.99. The number of hydrogen-bond acceptors (Lipinski definition) is 6. The number of likely N-dealkylation sites (N-methyl/N-ethyl adjacent to an activating group) is 1. The first-order valence-corrected chi connectivity index (χ1v) is 13.1. The number of aromatic carboxylic acids is 1. The van der Waals surface area contributed by atoms with Gasteiger partial charge in [-0.2, -0.15) is 16.9 Å². The molecule has 2 N–H and O–H groups in total. The summed E-state index contributed by atoms with van der Waals surface area (Å²) in [6, 6.07) is 16.9. The topological polar surface area (TPSA) is 124 Å². The maximum atomic E-state index is 13.5. The molecule has 3 aromatic rings. The summed E-state index contributed by atoms with van der Waals surface area (Å²) in [6.07, 6.45) is 0.220. The zero-order chi connectivity index (χ0) is 26.0. The normalized spacial score (nSPS) is 18.2. The maximum Gasteiger partial charge on any atom is 0.335 e. The van der Waals surface area contributed by atoms with Crippen LogP contribution in [0.3, 0.4) is 0 Å². The molecule has 9 nitrogen and oxygen atoms in total.